The van der Waals surface area contributed by atoms with Crippen molar-refractivity contribution in [1.82, 2.24) is 4.98 Å². The number of nitrogens with zero attached hydrogens (tertiary/aromatic N) is 2. The highest BCUT2D eigenvalue weighted by atomic mass is 79.9. The maximum absolute atomic E-state index is 5.31. The van der Waals surface area contributed by atoms with E-state index in [0.29, 0.717) is 0 Å². The smallest absolute Gasteiger partial charge is 0.185 e. The Hall–Kier alpha value is -0.390. The van der Waals surface area contributed by atoms with Crippen LogP contribution in [0.2, 0.25) is 0 Å². The molecule has 0 spiro atoms. The van der Waals surface area contributed by atoms with E-state index < -0.39 is 0 Å². The van der Waals surface area contributed by atoms with Crippen LogP contribution in [0.3, 0.4) is 0 Å². The number of hydrogen-bond donors (Lipinski definition) is 0. The zero-order valence-electron chi connectivity index (χ0n) is 8.36. The first kappa shape index (κ1) is 11.1. The number of allylic oxidation sites excluding steroid dienone is 1. The first-order valence-corrected chi connectivity index (χ1v) is 6.91. The predicted molar refractivity (Wildman–Crippen MR) is 68.0 cm³/mol. The Morgan fingerprint density at radius 2 is 2.33 bits per heavy atom. The fourth-order valence-corrected chi connectivity index (χ4v) is 2.45. The molecule has 1 aromatic rings. The Kier molecular flexibility index (Phi) is 4.17. The van der Waals surface area contributed by atoms with Gasteiger partial charge in [-0.15, -0.1) is 11.3 Å². The van der Waals surface area contributed by atoms with Gasteiger partial charge in [0.2, 0.25) is 0 Å². The lowest BCUT2D eigenvalue weighted by Crippen LogP contribution is -2.36. The fraction of sp³-hybridized carbons (Fsp3) is 0.500. The highest BCUT2D eigenvalue weighted by Crippen LogP contribution is 2.21. The molecule has 1 aliphatic heterocycles. The number of alkyl halides is 1. The minimum Gasteiger partial charge on any atom is -0.378 e. The van der Waals surface area contributed by atoms with Crippen LogP contribution in [0, 0.1) is 0 Å². The van der Waals surface area contributed by atoms with Crippen LogP contribution in [-0.2, 0) is 4.74 Å². The molecule has 1 saturated heterocycles. The molecule has 0 N–H and O–H groups in total. The quantitative estimate of drug-likeness (QED) is 0.799. The van der Waals surface area contributed by atoms with Gasteiger partial charge >= 0.3 is 0 Å². The van der Waals surface area contributed by atoms with Gasteiger partial charge in [-0.25, -0.2) is 4.98 Å². The van der Waals surface area contributed by atoms with Crippen molar-refractivity contribution in [2.75, 3.05) is 36.5 Å². The lowest BCUT2D eigenvalue weighted by atomic mass is 10.4. The molecule has 0 bridgehead atoms. The zero-order valence-corrected chi connectivity index (χ0v) is 10.8. The van der Waals surface area contributed by atoms with Gasteiger partial charge in [0.25, 0.3) is 0 Å². The van der Waals surface area contributed by atoms with Crippen molar-refractivity contribution < 1.29 is 4.74 Å². The van der Waals surface area contributed by atoms with Crippen molar-refractivity contribution in [3.63, 3.8) is 0 Å². The van der Waals surface area contributed by atoms with Crippen molar-refractivity contribution in [3.05, 3.63) is 17.2 Å². The van der Waals surface area contributed by atoms with Gasteiger partial charge < -0.3 is 9.64 Å². The zero-order chi connectivity index (χ0) is 10.5. The molecule has 3 nitrogen and oxygen atoms in total. The molecule has 2 heterocycles. The lowest BCUT2D eigenvalue weighted by Gasteiger charge is -2.25. The third kappa shape index (κ3) is 3.03. The van der Waals surface area contributed by atoms with Crippen molar-refractivity contribution in [2.45, 2.75) is 0 Å². The van der Waals surface area contributed by atoms with Crippen LogP contribution in [0.25, 0.3) is 6.08 Å². The Balaban J connectivity index is 2.02. The summed E-state index contributed by atoms with van der Waals surface area (Å²) in [6, 6.07) is 0. The summed E-state index contributed by atoms with van der Waals surface area (Å²) < 4.78 is 5.31. The van der Waals surface area contributed by atoms with Crippen LogP contribution >= 0.6 is 27.3 Å². The topological polar surface area (TPSA) is 25.4 Å². The molecule has 0 saturated carbocycles. The van der Waals surface area contributed by atoms with Crippen LogP contribution in [0.15, 0.2) is 11.5 Å². The van der Waals surface area contributed by atoms with E-state index in [2.05, 4.69) is 37.3 Å². The van der Waals surface area contributed by atoms with Crippen LogP contribution in [-0.4, -0.2) is 36.6 Å². The molecular weight excluding hydrogens is 276 g/mol. The molecule has 0 atom stereocenters. The van der Waals surface area contributed by atoms with Gasteiger partial charge in [0, 0.05) is 23.8 Å². The van der Waals surface area contributed by atoms with E-state index in [4.69, 9.17) is 4.74 Å². The van der Waals surface area contributed by atoms with E-state index in [0.717, 1.165) is 42.5 Å². The van der Waals surface area contributed by atoms with Gasteiger partial charge in [0.1, 0.15) is 0 Å². The average molecular weight is 289 g/mol. The minimum atomic E-state index is 0.812. The van der Waals surface area contributed by atoms with E-state index in [1.54, 1.807) is 11.3 Å². The lowest BCUT2D eigenvalue weighted by molar-refractivity contribution is 0.122. The van der Waals surface area contributed by atoms with E-state index in [-0.39, 0.29) is 0 Å². The maximum atomic E-state index is 5.31. The summed E-state index contributed by atoms with van der Waals surface area (Å²) in [5.74, 6) is 0. The van der Waals surface area contributed by atoms with Crippen LogP contribution in [0.4, 0.5) is 5.13 Å². The van der Waals surface area contributed by atoms with E-state index in [1.807, 2.05) is 6.08 Å². The van der Waals surface area contributed by atoms with Crippen LogP contribution < -0.4 is 4.90 Å². The van der Waals surface area contributed by atoms with Crippen LogP contribution in [0.5, 0.6) is 0 Å². The summed E-state index contributed by atoms with van der Waals surface area (Å²) in [5, 5.41) is 4.06. The summed E-state index contributed by atoms with van der Waals surface area (Å²) in [5.41, 5.74) is 1.04. The van der Waals surface area contributed by atoms with Gasteiger partial charge in [-0.2, -0.15) is 0 Å². The number of morpholine rings is 1. The van der Waals surface area contributed by atoms with Crippen molar-refractivity contribution in [2.24, 2.45) is 0 Å². The molecule has 0 aromatic carbocycles. The van der Waals surface area contributed by atoms with Crippen molar-refractivity contribution in [1.29, 1.82) is 0 Å². The minimum absolute atomic E-state index is 0.812. The molecule has 82 valence electrons. The van der Waals surface area contributed by atoms with Gasteiger partial charge in [-0.1, -0.05) is 22.0 Å². The molecular formula is C10H13BrN2OS. The van der Waals surface area contributed by atoms with Crippen LogP contribution in [0.1, 0.15) is 5.69 Å². The third-order valence-electron chi connectivity index (χ3n) is 2.17. The molecule has 0 unspecified atom stereocenters. The second-order valence-corrected chi connectivity index (χ2v) is 4.70. The van der Waals surface area contributed by atoms with E-state index >= 15 is 0 Å². The third-order valence-corrected chi connectivity index (χ3v) is 3.46. The number of rotatable bonds is 3. The molecule has 1 aromatic heterocycles. The standard InChI is InChI=1S/C10H13BrN2OS/c11-3-1-2-9-8-15-10(12-9)13-4-6-14-7-5-13/h1-2,8H,3-7H2. The Morgan fingerprint density at radius 1 is 1.53 bits per heavy atom. The summed E-state index contributed by atoms with van der Waals surface area (Å²) in [6.45, 7) is 3.53. The Morgan fingerprint density at radius 3 is 3.07 bits per heavy atom. The second-order valence-electron chi connectivity index (χ2n) is 3.21. The van der Waals surface area contributed by atoms with Crippen molar-refractivity contribution in [3.8, 4) is 0 Å². The monoisotopic (exact) mass is 288 g/mol. The number of halogens is 1. The van der Waals surface area contributed by atoms with Gasteiger partial charge in [0.15, 0.2) is 5.13 Å². The fourth-order valence-electron chi connectivity index (χ4n) is 1.42. The average Bonchev–Trinajstić information content (AvgIpc) is 2.76. The summed E-state index contributed by atoms with van der Waals surface area (Å²) >= 11 is 5.05. The molecule has 5 heteroatoms. The summed E-state index contributed by atoms with van der Waals surface area (Å²) in [7, 11) is 0. The largest absolute Gasteiger partial charge is 0.378 e. The number of thiazole rings is 1. The molecule has 0 amide bonds. The molecule has 1 aliphatic rings. The summed E-state index contributed by atoms with van der Waals surface area (Å²) in [6.07, 6.45) is 4.09. The SMILES string of the molecule is BrCC=Cc1csc(N2CCOCC2)n1. The summed E-state index contributed by atoms with van der Waals surface area (Å²) in [4.78, 5) is 6.83. The first-order valence-electron chi connectivity index (χ1n) is 4.91. The maximum Gasteiger partial charge on any atom is 0.185 e. The van der Waals surface area contributed by atoms with E-state index in [9.17, 15) is 0 Å². The molecule has 1 fully saturated rings. The van der Waals surface area contributed by atoms with E-state index in [1.165, 1.54) is 0 Å². The normalized spacial score (nSPS) is 17.5. The highest BCUT2D eigenvalue weighted by Gasteiger charge is 2.13. The van der Waals surface area contributed by atoms with Gasteiger partial charge in [-0.05, 0) is 6.08 Å². The van der Waals surface area contributed by atoms with Gasteiger partial charge in [0.05, 0.1) is 18.9 Å². The first-order chi connectivity index (χ1) is 7.40. The highest BCUT2D eigenvalue weighted by molar-refractivity contribution is 9.09. The van der Waals surface area contributed by atoms with Crippen molar-refractivity contribution >= 4 is 38.5 Å². The van der Waals surface area contributed by atoms with Gasteiger partial charge in [-0.3, -0.25) is 0 Å². The number of aromatic nitrogens is 1. The molecule has 15 heavy (non-hydrogen) atoms. The Labute approximate surface area is 102 Å². The molecule has 0 aliphatic carbocycles. The molecule has 0 radical (unpaired) electrons. The number of anilines is 1. The number of hydrogen-bond acceptors (Lipinski definition) is 4. The predicted octanol–water partition coefficient (Wildman–Crippen LogP) is 2.39. The number of ether oxygens (including phenoxy) is 1. The second kappa shape index (κ2) is 5.63. The Bertz CT molecular complexity index is 334. The molecule has 2 rings (SSSR count).